The molecule has 4 aromatic carbocycles. The highest BCUT2D eigenvalue weighted by Gasteiger charge is 2.26. The van der Waals surface area contributed by atoms with Gasteiger partial charge in [-0.3, -0.25) is 9.35 Å². The van der Waals surface area contributed by atoms with Crippen LogP contribution >= 0.6 is 22.9 Å². The smallest absolute Gasteiger partial charge is 0.261 e. The van der Waals surface area contributed by atoms with Gasteiger partial charge in [0.1, 0.15) is 16.6 Å². The summed E-state index contributed by atoms with van der Waals surface area (Å²) in [6, 6.07) is 23.3. The molecule has 262 valence electrons. The molecule has 1 amide bonds. The second kappa shape index (κ2) is 23.7. The van der Waals surface area contributed by atoms with Gasteiger partial charge < -0.3 is 24.1 Å². The molecule has 0 radical (unpaired) electrons. The number of nitrogens with zero attached hydrogens (tertiary/aromatic N) is 2. The molecule has 0 aliphatic heterocycles. The number of fused-ring (bicyclic) bond motifs is 1. The summed E-state index contributed by atoms with van der Waals surface area (Å²) in [5.74, 6) is -0.851. The van der Waals surface area contributed by atoms with Gasteiger partial charge in [0.15, 0.2) is 5.75 Å². The predicted molar refractivity (Wildman–Crippen MR) is 193 cm³/mol. The molecule has 0 atom stereocenters. The Hall–Kier alpha value is -3.58. The lowest BCUT2D eigenvalue weighted by Gasteiger charge is -2.22. The highest BCUT2D eigenvalue weighted by Crippen LogP contribution is 2.55. The summed E-state index contributed by atoms with van der Waals surface area (Å²) in [6.45, 7) is 8.00. The number of hydrogen-bond donors (Lipinski definition) is 6. The van der Waals surface area contributed by atoms with Gasteiger partial charge in [-0.2, -0.15) is 17.9 Å². The highest BCUT2D eigenvalue weighted by atomic mass is 32.3. The first-order chi connectivity index (χ1) is 21.8. The standard InChI is InChI=1S/C23H19N3O5S.C2H6O2S.2C2H6.CH4O3S.CH4/c27-22-20-16(10-7-13-18(20)24-23(28)15-8-3-1-4-9-15)14-19(32(29,30)31)21(22)26-25-17-11-5-2-6-12-17;1-3-4-5-2;2*1-2;1-5(2,3)4;/h1-14,27,29-31H,(H,24,28);1-2H3;2*1-2H3;1H3,(H,2,3,4);1H4. The summed E-state index contributed by atoms with van der Waals surface area (Å²) in [5.41, 5.74) is 0.850. The maximum atomic E-state index is 12.6. The molecule has 0 aromatic heterocycles. The zero-order chi connectivity index (χ0) is 35.3. The summed E-state index contributed by atoms with van der Waals surface area (Å²) < 4.78 is 59.9. The fourth-order valence-corrected chi connectivity index (χ4v) is 4.08. The number of amides is 1. The first-order valence-corrected chi connectivity index (χ1v) is 18.0. The third-order valence-electron chi connectivity index (χ3n) is 4.81. The van der Waals surface area contributed by atoms with Gasteiger partial charge in [0.2, 0.25) is 0 Å². The van der Waals surface area contributed by atoms with E-state index in [0.717, 1.165) is 0 Å². The molecule has 13 nitrogen and oxygen atoms in total. The van der Waals surface area contributed by atoms with E-state index in [9.17, 15) is 32.0 Å². The van der Waals surface area contributed by atoms with Crippen LogP contribution in [0.15, 0.2) is 100 Å². The predicted octanol–water partition coefficient (Wildman–Crippen LogP) is 9.83. The fraction of sp³-hybridized carbons (Fsp3) is 0.258. The van der Waals surface area contributed by atoms with Gasteiger partial charge in [-0.05, 0) is 41.8 Å². The van der Waals surface area contributed by atoms with E-state index in [1.54, 1.807) is 85.1 Å². The van der Waals surface area contributed by atoms with Crippen molar-refractivity contribution in [1.29, 1.82) is 0 Å². The van der Waals surface area contributed by atoms with Crippen LogP contribution in [0.1, 0.15) is 45.5 Å². The lowest BCUT2D eigenvalue weighted by Crippen LogP contribution is -2.12. The zero-order valence-corrected chi connectivity index (χ0v) is 28.9. The number of aromatic hydroxyl groups is 1. The molecule has 0 bridgehead atoms. The van der Waals surface area contributed by atoms with Gasteiger partial charge in [-0.15, -0.1) is 5.11 Å². The second-order valence-electron chi connectivity index (χ2n) is 7.98. The van der Waals surface area contributed by atoms with Crippen molar-refractivity contribution in [3.63, 3.8) is 0 Å². The topological polar surface area (TPSA) is 208 Å². The molecule has 0 fully saturated rings. The van der Waals surface area contributed by atoms with Crippen LogP contribution in [0.25, 0.3) is 10.8 Å². The van der Waals surface area contributed by atoms with E-state index in [2.05, 4.69) is 24.8 Å². The second-order valence-corrected chi connectivity index (χ2v) is 11.4. The summed E-state index contributed by atoms with van der Waals surface area (Å²) in [7, 11) is -6.43. The molecule has 4 aromatic rings. The fourth-order valence-electron chi connectivity index (χ4n) is 3.26. The molecule has 0 saturated heterocycles. The van der Waals surface area contributed by atoms with Crippen LogP contribution in [-0.2, 0) is 19.3 Å². The number of nitrogens with one attached hydrogen (secondary N) is 1. The van der Waals surface area contributed by atoms with Crippen LogP contribution in [0.4, 0.5) is 17.1 Å². The molecule has 16 heteroatoms. The van der Waals surface area contributed by atoms with Crippen molar-refractivity contribution < 1.29 is 45.8 Å². The van der Waals surface area contributed by atoms with Crippen LogP contribution in [-0.4, -0.2) is 57.3 Å². The molecule has 0 spiro atoms. The van der Waals surface area contributed by atoms with Gasteiger partial charge in [0.05, 0.1) is 29.6 Å². The number of benzene rings is 4. The van der Waals surface area contributed by atoms with Crippen molar-refractivity contribution in [2.45, 2.75) is 40.0 Å². The minimum Gasteiger partial charge on any atom is -0.505 e. The van der Waals surface area contributed by atoms with E-state index in [0.29, 0.717) is 22.9 Å². The van der Waals surface area contributed by atoms with Crippen molar-refractivity contribution in [3.8, 4) is 5.75 Å². The number of carbonyl (C=O) groups excluding carboxylic acids is 1. The average molecular weight is 716 g/mol. The Morgan fingerprint density at radius 3 is 1.79 bits per heavy atom. The van der Waals surface area contributed by atoms with Crippen molar-refractivity contribution in [2.24, 2.45) is 10.2 Å². The molecular formula is C31H45N3O10S3. The third-order valence-corrected chi connectivity index (χ3v) is 5.99. The van der Waals surface area contributed by atoms with E-state index in [1.807, 2.05) is 27.7 Å². The number of rotatable bonds is 7. The van der Waals surface area contributed by atoms with Crippen molar-refractivity contribution in [3.05, 3.63) is 90.5 Å². The minimum atomic E-state index is -4.23. The maximum Gasteiger partial charge on any atom is 0.261 e. The summed E-state index contributed by atoms with van der Waals surface area (Å²) in [4.78, 5) is 16.4. The molecule has 0 unspecified atom stereocenters. The van der Waals surface area contributed by atoms with Crippen molar-refractivity contribution in [1.82, 2.24) is 0 Å². The molecule has 0 aliphatic rings. The Morgan fingerprint density at radius 2 is 1.34 bits per heavy atom. The first-order valence-electron chi connectivity index (χ1n) is 13.5. The van der Waals surface area contributed by atoms with E-state index in [4.69, 9.17) is 4.55 Å². The third kappa shape index (κ3) is 17.2. The lowest BCUT2D eigenvalue weighted by atomic mass is 10.1. The molecule has 6 N–H and O–H groups in total. The average Bonchev–Trinajstić information content (AvgIpc) is 3.03. The highest BCUT2D eigenvalue weighted by molar-refractivity contribution is 8.19. The number of azo groups is 1. The van der Waals surface area contributed by atoms with Gasteiger partial charge in [0, 0.05) is 29.2 Å². The van der Waals surface area contributed by atoms with Gasteiger partial charge >= 0.3 is 0 Å². The number of phenolic OH excluding ortho intramolecular Hbond substituents is 1. The van der Waals surface area contributed by atoms with Crippen molar-refractivity contribution >= 4 is 66.8 Å². The first kappa shape index (κ1) is 45.5. The minimum absolute atomic E-state index is 0. The quantitative estimate of drug-likeness (QED) is 0.0349. The SMILES string of the molecule is C.CC.CC.COOSC.CS(=O)(=O)O.O=C(Nc1cccc2cc(S(O)(O)O)c(N=Nc3ccccc3)c(O)c12)c1ccccc1. The number of phenols is 1. The van der Waals surface area contributed by atoms with Gasteiger partial charge in [0.25, 0.3) is 16.0 Å². The van der Waals surface area contributed by atoms with Crippen LogP contribution in [0.5, 0.6) is 5.75 Å². The Kier molecular flexibility index (Phi) is 23.0. The monoisotopic (exact) mass is 715 g/mol. The Morgan fingerprint density at radius 1 is 0.830 bits per heavy atom. The van der Waals surface area contributed by atoms with E-state index < -0.39 is 26.7 Å². The van der Waals surface area contributed by atoms with E-state index >= 15 is 0 Å². The molecule has 0 aliphatic carbocycles. The lowest BCUT2D eigenvalue weighted by molar-refractivity contribution is -0.159. The maximum absolute atomic E-state index is 12.6. The van der Waals surface area contributed by atoms with Crippen LogP contribution in [0.2, 0.25) is 0 Å². The number of anilines is 1. The Bertz CT molecular complexity index is 1590. The number of hydrogen-bond acceptors (Lipinski definition) is 12. The zero-order valence-electron chi connectivity index (χ0n) is 26.5. The summed E-state index contributed by atoms with van der Waals surface area (Å²) in [5, 5.41) is 22.3. The van der Waals surface area contributed by atoms with Gasteiger partial charge in [-0.25, -0.2) is 4.89 Å². The van der Waals surface area contributed by atoms with Crippen LogP contribution < -0.4 is 5.32 Å². The molecule has 0 saturated carbocycles. The van der Waals surface area contributed by atoms with Crippen molar-refractivity contribution in [2.75, 3.05) is 24.9 Å². The van der Waals surface area contributed by atoms with Crippen LogP contribution in [0, 0.1) is 0 Å². The normalized spacial score (nSPS) is 10.7. The van der Waals surface area contributed by atoms with Crippen LogP contribution in [0.3, 0.4) is 0 Å². The molecule has 47 heavy (non-hydrogen) atoms. The summed E-state index contributed by atoms with van der Waals surface area (Å²) >= 11 is 1.18. The van der Waals surface area contributed by atoms with E-state index in [1.165, 1.54) is 25.2 Å². The Balaban J connectivity index is 0. The number of carbonyl (C=O) groups is 1. The Labute approximate surface area is 283 Å². The molecule has 0 heterocycles. The van der Waals surface area contributed by atoms with E-state index in [-0.39, 0.29) is 35.0 Å². The molecular weight excluding hydrogens is 671 g/mol. The van der Waals surface area contributed by atoms with Gasteiger partial charge in [-0.1, -0.05) is 83.7 Å². The summed E-state index contributed by atoms with van der Waals surface area (Å²) in [6.07, 6.45) is 2.50. The largest absolute Gasteiger partial charge is 0.505 e. The molecule has 4 rings (SSSR count).